The third kappa shape index (κ3) is 3.40. The van der Waals surface area contributed by atoms with E-state index >= 15 is 0 Å². The molecule has 7 nitrogen and oxygen atoms in total. The van der Waals surface area contributed by atoms with Gasteiger partial charge in [-0.3, -0.25) is 4.57 Å². The van der Waals surface area contributed by atoms with Crippen LogP contribution in [-0.4, -0.2) is 54.8 Å². The Labute approximate surface area is 136 Å². The van der Waals surface area contributed by atoms with Gasteiger partial charge in [0.05, 0.1) is 19.3 Å². The summed E-state index contributed by atoms with van der Waals surface area (Å²) in [6.07, 6.45) is 2.35. The van der Waals surface area contributed by atoms with Gasteiger partial charge in [0.25, 0.3) is 0 Å². The summed E-state index contributed by atoms with van der Waals surface area (Å²) >= 11 is 0. The summed E-state index contributed by atoms with van der Waals surface area (Å²) in [5.74, 6) is 3.23. The van der Waals surface area contributed by atoms with E-state index in [1.165, 1.54) is 0 Å². The maximum atomic E-state index is 5.72. The maximum Gasteiger partial charge on any atom is 0.227 e. The fourth-order valence-corrected chi connectivity index (χ4v) is 2.95. The van der Waals surface area contributed by atoms with Gasteiger partial charge in [-0.25, -0.2) is 0 Å². The zero-order valence-electron chi connectivity index (χ0n) is 14.0. The Kier molecular flexibility index (Phi) is 4.97. The number of anilines is 1. The lowest BCUT2D eigenvalue weighted by Gasteiger charge is -2.31. The highest BCUT2D eigenvalue weighted by Crippen LogP contribution is 2.26. The highest BCUT2D eigenvalue weighted by molar-refractivity contribution is 5.51. The van der Waals surface area contributed by atoms with Crippen LogP contribution in [0.25, 0.3) is 11.6 Å². The van der Waals surface area contributed by atoms with Gasteiger partial charge in [-0.2, -0.15) is 0 Å². The van der Waals surface area contributed by atoms with E-state index in [1.807, 2.05) is 19.1 Å². The number of hydrogen-bond donors (Lipinski definition) is 0. The lowest BCUT2D eigenvalue weighted by molar-refractivity contribution is 0.0814. The number of nitrogens with zero attached hydrogens (tertiary/aromatic N) is 4. The van der Waals surface area contributed by atoms with Gasteiger partial charge in [0, 0.05) is 27.3 Å². The predicted octanol–water partition coefficient (Wildman–Crippen LogP) is 2.11. The standard InChI is InChI=1S/C16H24N4O3/c1-12-4-5-14(23-12)15-17-18-16(20(15)10-11-21-2)19-8-6-13(22-3)7-9-19/h4-5,13H,6-11H2,1-3H3. The molecule has 23 heavy (non-hydrogen) atoms. The zero-order chi connectivity index (χ0) is 16.2. The topological polar surface area (TPSA) is 65.5 Å². The van der Waals surface area contributed by atoms with Crippen molar-refractivity contribution in [2.45, 2.75) is 32.4 Å². The van der Waals surface area contributed by atoms with Crippen LogP contribution in [0.15, 0.2) is 16.5 Å². The number of piperidine rings is 1. The molecule has 3 rings (SSSR count). The summed E-state index contributed by atoms with van der Waals surface area (Å²) in [5.41, 5.74) is 0. The van der Waals surface area contributed by atoms with E-state index in [1.54, 1.807) is 14.2 Å². The van der Waals surface area contributed by atoms with Gasteiger partial charge in [-0.05, 0) is 31.9 Å². The molecule has 7 heteroatoms. The molecule has 0 saturated carbocycles. The molecular formula is C16H24N4O3. The Morgan fingerprint density at radius 3 is 2.61 bits per heavy atom. The molecule has 0 unspecified atom stereocenters. The van der Waals surface area contributed by atoms with Gasteiger partial charge in [0.2, 0.25) is 11.8 Å². The fraction of sp³-hybridized carbons (Fsp3) is 0.625. The first-order valence-electron chi connectivity index (χ1n) is 7.99. The first-order valence-corrected chi connectivity index (χ1v) is 7.99. The molecule has 0 N–H and O–H groups in total. The van der Waals surface area contributed by atoms with Crippen molar-refractivity contribution in [2.75, 3.05) is 38.8 Å². The van der Waals surface area contributed by atoms with Crippen molar-refractivity contribution in [3.8, 4) is 11.6 Å². The molecule has 0 atom stereocenters. The lowest BCUT2D eigenvalue weighted by Crippen LogP contribution is -2.38. The van der Waals surface area contributed by atoms with Gasteiger partial charge in [-0.1, -0.05) is 0 Å². The molecule has 0 aromatic carbocycles. The Bertz CT molecular complexity index is 629. The highest BCUT2D eigenvalue weighted by Gasteiger charge is 2.25. The molecule has 2 aromatic heterocycles. The first-order chi connectivity index (χ1) is 11.2. The number of furan rings is 1. The number of methoxy groups -OCH3 is 2. The number of hydrogen-bond acceptors (Lipinski definition) is 6. The molecule has 1 aliphatic rings. The molecule has 3 heterocycles. The average molecular weight is 320 g/mol. The summed E-state index contributed by atoms with van der Waals surface area (Å²) in [7, 11) is 3.48. The fourth-order valence-electron chi connectivity index (χ4n) is 2.95. The second-order valence-corrected chi connectivity index (χ2v) is 5.80. The van der Waals surface area contributed by atoms with Crippen LogP contribution in [0.1, 0.15) is 18.6 Å². The van der Waals surface area contributed by atoms with Crippen LogP contribution in [0.3, 0.4) is 0 Å². The van der Waals surface area contributed by atoms with Crippen LogP contribution < -0.4 is 4.90 Å². The van der Waals surface area contributed by atoms with Gasteiger partial charge in [0.1, 0.15) is 5.76 Å². The summed E-state index contributed by atoms with van der Waals surface area (Å²) in [6, 6.07) is 3.87. The van der Waals surface area contributed by atoms with Gasteiger partial charge >= 0.3 is 0 Å². The Morgan fingerprint density at radius 1 is 1.22 bits per heavy atom. The Hall–Kier alpha value is -1.86. The molecule has 1 saturated heterocycles. The van der Waals surface area contributed by atoms with E-state index in [2.05, 4.69) is 19.7 Å². The molecule has 1 aliphatic heterocycles. The summed E-state index contributed by atoms with van der Waals surface area (Å²) in [5, 5.41) is 8.77. The predicted molar refractivity (Wildman–Crippen MR) is 86.6 cm³/mol. The van der Waals surface area contributed by atoms with Gasteiger partial charge < -0.3 is 18.8 Å². The minimum absolute atomic E-state index is 0.341. The molecule has 126 valence electrons. The summed E-state index contributed by atoms with van der Waals surface area (Å²) in [6.45, 7) is 5.06. The molecule has 0 radical (unpaired) electrons. The Balaban J connectivity index is 1.86. The Morgan fingerprint density at radius 2 is 2.00 bits per heavy atom. The van der Waals surface area contributed by atoms with Crippen molar-refractivity contribution >= 4 is 5.95 Å². The normalized spacial score (nSPS) is 16.2. The van der Waals surface area contributed by atoms with Crippen molar-refractivity contribution in [2.24, 2.45) is 0 Å². The van der Waals surface area contributed by atoms with Crippen molar-refractivity contribution in [3.05, 3.63) is 17.9 Å². The largest absolute Gasteiger partial charge is 0.458 e. The molecule has 0 bridgehead atoms. The number of aryl methyl sites for hydroxylation is 1. The summed E-state index contributed by atoms with van der Waals surface area (Å²) < 4.78 is 18.5. The van der Waals surface area contributed by atoms with Crippen molar-refractivity contribution in [1.29, 1.82) is 0 Å². The molecular weight excluding hydrogens is 296 g/mol. The average Bonchev–Trinajstić information content (AvgIpc) is 3.19. The molecule has 0 aliphatic carbocycles. The first kappa shape index (κ1) is 16.0. The van der Waals surface area contributed by atoms with Crippen LogP contribution in [0, 0.1) is 6.92 Å². The van der Waals surface area contributed by atoms with Crippen LogP contribution in [-0.2, 0) is 16.0 Å². The van der Waals surface area contributed by atoms with E-state index in [0.29, 0.717) is 19.3 Å². The van der Waals surface area contributed by atoms with Gasteiger partial charge in [-0.15, -0.1) is 10.2 Å². The van der Waals surface area contributed by atoms with Crippen molar-refractivity contribution in [1.82, 2.24) is 14.8 Å². The molecule has 0 amide bonds. The SMILES string of the molecule is COCCn1c(-c2ccc(C)o2)nnc1N1CCC(OC)CC1. The van der Waals surface area contributed by atoms with Crippen molar-refractivity contribution in [3.63, 3.8) is 0 Å². The third-order valence-electron chi connectivity index (χ3n) is 4.27. The van der Waals surface area contributed by atoms with Crippen LogP contribution in [0.2, 0.25) is 0 Å². The molecule has 0 spiro atoms. The quantitative estimate of drug-likeness (QED) is 0.812. The number of ether oxygens (including phenoxy) is 2. The van der Waals surface area contributed by atoms with E-state index in [9.17, 15) is 0 Å². The van der Waals surface area contributed by atoms with E-state index in [-0.39, 0.29) is 0 Å². The summed E-state index contributed by atoms with van der Waals surface area (Å²) in [4.78, 5) is 2.26. The monoisotopic (exact) mass is 320 g/mol. The van der Waals surface area contributed by atoms with E-state index in [0.717, 1.165) is 49.2 Å². The van der Waals surface area contributed by atoms with Crippen LogP contribution >= 0.6 is 0 Å². The molecule has 2 aromatic rings. The number of aromatic nitrogens is 3. The van der Waals surface area contributed by atoms with E-state index < -0.39 is 0 Å². The van der Waals surface area contributed by atoms with Crippen LogP contribution in [0.4, 0.5) is 5.95 Å². The second-order valence-electron chi connectivity index (χ2n) is 5.80. The highest BCUT2D eigenvalue weighted by atomic mass is 16.5. The number of rotatable bonds is 6. The maximum absolute atomic E-state index is 5.72. The van der Waals surface area contributed by atoms with Crippen molar-refractivity contribution < 1.29 is 13.9 Å². The second kappa shape index (κ2) is 7.14. The zero-order valence-corrected chi connectivity index (χ0v) is 14.0. The lowest BCUT2D eigenvalue weighted by atomic mass is 10.1. The van der Waals surface area contributed by atoms with Crippen LogP contribution in [0.5, 0.6) is 0 Å². The van der Waals surface area contributed by atoms with Gasteiger partial charge in [0.15, 0.2) is 5.76 Å². The minimum atomic E-state index is 0.341. The van der Waals surface area contributed by atoms with E-state index in [4.69, 9.17) is 13.9 Å². The molecule has 1 fully saturated rings. The smallest absolute Gasteiger partial charge is 0.227 e. The third-order valence-corrected chi connectivity index (χ3v) is 4.27. The minimum Gasteiger partial charge on any atom is -0.458 e.